The number of nitrogens with zero attached hydrogens (tertiary/aromatic N) is 5. The van der Waals surface area contributed by atoms with E-state index in [0.29, 0.717) is 18.4 Å². The summed E-state index contributed by atoms with van der Waals surface area (Å²) in [4.78, 5) is 23.5. The van der Waals surface area contributed by atoms with E-state index < -0.39 is 0 Å². The number of rotatable bonds is 5. The van der Waals surface area contributed by atoms with Crippen molar-refractivity contribution in [1.82, 2.24) is 24.6 Å². The van der Waals surface area contributed by atoms with Crippen LogP contribution >= 0.6 is 0 Å². The Balaban J connectivity index is 1.43. The number of anilines is 1. The summed E-state index contributed by atoms with van der Waals surface area (Å²) in [5.74, 6) is 1.19. The van der Waals surface area contributed by atoms with Gasteiger partial charge in [-0.15, -0.1) is 0 Å². The number of fused-ring (bicyclic) bond motifs is 1. The molecule has 0 aromatic carbocycles. The van der Waals surface area contributed by atoms with Crippen molar-refractivity contribution < 1.29 is 4.79 Å². The summed E-state index contributed by atoms with van der Waals surface area (Å²) in [5.41, 5.74) is 2.10. The SMILES string of the molecule is O=C(C1=CCCCC1)N1Cc2ccnn2C[C@@H](CCNc2ncccn2)C1. The van der Waals surface area contributed by atoms with Gasteiger partial charge >= 0.3 is 0 Å². The Labute approximate surface area is 159 Å². The number of aromatic nitrogens is 4. The molecule has 27 heavy (non-hydrogen) atoms. The molecule has 1 amide bonds. The highest BCUT2D eigenvalue weighted by Gasteiger charge is 2.27. The van der Waals surface area contributed by atoms with Crippen molar-refractivity contribution in [3.05, 3.63) is 48.1 Å². The summed E-state index contributed by atoms with van der Waals surface area (Å²) in [5, 5.41) is 7.73. The lowest BCUT2D eigenvalue weighted by atomic mass is 9.98. The summed E-state index contributed by atoms with van der Waals surface area (Å²) in [6.07, 6.45) is 12.6. The van der Waals surface area contributed by atoms with Gasteiger partial charge in [0.2, 0.25) is 11.9 Å². The second-order valence-electron chi connectivity index (χ2n) is 7.32. The molecular formula is C20H26N6O. The first-order valence-electron chi connectivity index (χ1n) is 9.79. The zero-order chi connectivity index (χ0) is 18.5. The van der Waals surface area contributed by atoms with Gasteiger partial charge in [0.15, 0.2) is 0 Å². The molecule has 1 aliphatic heterocycles. The largest absolute Gasteiger partial charge is 0.354 e. The molecule has 7 nitrogen and oxygen atoms in total. The quantitative estimate of drug-likeness (QED) is 0.880. The lowest BCUT2D eigenvalue weighted by molar-refractivity contribution is -0.128. The number of hydrogen-bond donors (Lipinski definition) is 1. The number of allylic oxidation sites excluding steroid dienone is 1. The lowest BCUT2D eigenvalue weighted by Crippen LogP contribution is -2.35. The summed E-state index contributed by atoms with van der Waals surface area (Å²) in [6, 6.07) is 3.83. The average Bonchev–Trinajstić information content (AvgIpc) is 3.07. The van der Waals surface area contributed by atoms with Gasteiger partial charge in [-0.05, 0) is 50.2 Å². The van der Waals surface area contributed by atoms with Crippen LogP contribution in [-0.4, -0.2) is 43.6 Å². The van der Waals surface area contributed by atoms with E-state index in [1.54, 1.807) is 18.5 Å². The van der Waals surface area contributed by atoms with Gasteiger partial charge in [-0.1, -0.05) is 6.08 Å². The number of nitrogens with one attached hydrogen (secondary N) is 1. The molecule has 7 heteroatoms. The Bertz CT molecular complexity index is 800. The average molecular weight is 366 g/mol. The molecule has 1 atom stereocenters. The Kier molecular flexibility index (Phi) is 5.46. The van der Waals surface area contributed by atoms with E-state index in [2.05, 4.69) is 26.5 Å². The van der Waals surface area contributed by atoms with Crippen LogP contribution < -0.4 is 5.32 Å². The van der Waals surface area contributed by atoms with E-state index in [4.69, 9.17) is 0 Å². The predicted octanol–water partition coefficient (Wildman–Crippen LogP) is 2.63. The minimum Gasteiger partial charge on any atom is -0.354 e. The van der Waals surface area contributed by atoms with Crippen LogP contribution in [0.3, 0.4) is 0 Å². The van der Waals surface area contributed by atoms with Crippen LogP contribution in [0.5, 0.6) is 0 Å². The standard InChI is InChI=1S/C20H26N6O/c27-19(17-5-2-1-3-6-17)25-13-16(14-26-18(15-25)8-12-24-26)7-11-23-20-21-9-4-10-22-20/h4-5,8-10,12,16H,1-3,6-7,11,13-15H2,(H,21,22,23)/t16-/m0/s1. The molecule has 0 saturated carbocycles. The maximum Gasteiger partial charge on any atom is 0.249 e. The monoisotopic (exact) mass is 366 g/mol. The summed E-state index contributed by atoms with van der Waals surface area (Å²) in [6.45, 7) is 3.01. The smallest absolute Gasteiger partial charge is 0.249 e. The van der Waals surface area contributed by atoms with Crippen molar-refractivity contribution in [3.63, 3.8) is 0 Å². The number of amides is 1. The van der Waals surface area contributed by atoms with Crippen molar-refractivity contribution in [2.75, 3.05) is 18.4 Å². The van der Waals surface area contributed by atoms with E-state index >= 15 is 0 Å². The maximum absolute atomic E-state index is 13.1. The van der Waals surface area contributed by atoms with Gasteiger partial charge in [0.05, 0.1) is 12.2 Å². The summed E-state index contributed by atoms with van der Waals surface area (Å²) >= 11 is 0. The topological polar surface area (TPSA) is 75.9 Å². The third-order valence-corrected chi connectivity index (χ3v) is 5.32. The Morgan fingerprint density at radius 3 is 2.89 bits per heavy atom. The first-order chi connectivity index (χ1) is 13.3. The van der Waals surface area contributed by atoms with Crippen LogP contribution in [0.25, 0.3) is 0 Å². The van der Waals surface area contributed by atoms with E-state index in [0.717, 1.165) is 56.6 Å². The van der Waals surface area contributed by atoms with Crippen LogP contribution in [0.2, 0.25) is 0 Å². The molecule has 3 heterocycles. The van der Waals surface area contributed by atoms with Crippen molar-refractivity contribution in [2.45, 2.75) is 45.2 Å². The molecule has 1 aliphatic carbocycles. The number of hydrogen-bond acceptors (Lipinski definition) is 5. The highest BCUT2D eigenvalue weighted by Crippen LogP contribution is 2.24. The first-order valence-corrected chi connectivity index (χ1v) is 9.79. The van der Waals surface area contributed by atoms with Gasteiger partial charge in [-0.25, -0.2) is 9.97 Å². The fraction of sp³-hybridized carbons (Fsp3) is 0.500. The fourth-order valence-electron chi connectivity index (χ4n) is 3.88. The molecule has 1 N–H and O–H groups in total. The molecule has 142 valence electrons. The van der Waals surface area contributed by atoms with Gasteiger partial charge in [0, 0.05) is 43.8 Å². The van der Waals surface area contributed by atoms with Crippen molar-refractivity contribution in [3.8, 4) is 0 Å². The Hall–Kier alpha value is -2.70. The molecule has 0 fully saturated rings. The summed E-state index contributed by atoms with van der Waals surface area (Å²) in [7, 11) is 0. The molecule has 0 bridgehead atoms. The van der Waals surface area contributed by atoms with Crippen LogP contribution in [0.4, 0.5) is 5.95 Å². The minimum absolute atomic E-state index is 0.203. The lowest BCUT2D eigenvalue weighted by Gasteiger charge is -2.26. The molecule has 2 aromatic rings. The molecule has 2 aliphatic rings. The van der Waals surface area contributed by atoms with Crippen LogP contribution in [0.15, 0.2) is 42.4 Å². The second kappa shape index (κ2) is 8.33. The van der Waals surface area contributed by atoms with Gasteiger partial charge in [0.25, 0.3) is 0 Å². The number of carbonyl (C=O) groups excluding carboxylic acids is 1. The van der Waals surface area contributed by atoms with E-state index in [1.807, 2.05) is 21.8 Å². The van der Waals surface area contributed by atoms with E-state index in [-0.39, 0.29) is 5.91 Å². The third kappa shape index (κ3) is 4.35. The van der Waals surface area contributed by atoms with Crippen molar-refractivity contribution >= 4 is 11.9 Å². The molecule has 0 spiro atoms. The van der Waals surface area contributed by atoms with Crippen molar-refractivity contribution in [1.29, 1.82) is 0 Å². The van der Waals surface area contributed by atoms with Crippen LogP contribution in [0, 0.1) is 5.92 Å². The second-order valence-corrected chi connectivity index (χ2v) is 7.32. The first kappa shape index (κ1) is 17.7. The van der Waals surface area contributed by atoms with Gasteiger partial charge in [0.1, 0.15) is 0 Å². The zero-order valence-corrected chi connectivity index (χ0v) is 15.5. The highest BCUT2D eigenvalue weighted by molar-refractivity contribution is 5.93. The third-order valence-electron chi connectivity index (χ3n) is 5.32. The van der Waals surface area contributed by atoms with E-state index in [1.165, 1.54) is 6.42 Å². The van der Waals surface area contributed by atoms with Crippen molar-refractivity contribution in [2.24, 2.45) is 5.92 Å². The Morgan fingerprint density at radius 2 is 2.07 bits per heavy atom. The molecule has 0 radical (unpaired) electrons. The van der Waals surface area contributed by atoms with Crippen LogP contribution in [0.1, 0.15) is 37.8 Å². The molecule has 0 unspecified atom stereocenters. The molecule has 4 rings (SSSR count). The normalized spacial score (nSPS) is 19.8. The van der Waals surface area contributed by atoms with Crippen LogP contribution in [-0.2, 0) is 17.9 Å². The van der Waals surface area contributed by atoms with Gasteiger partial charge in [-0.3, -0.25) is 9.48 Å². The molecular weight excluding hydrogens is 340 g/mol. The zero-order valence-electron chi connectivity index (χ0n) is 15.5. The van der Waals surface area contributed by atoms with E-state index in [9.17, 15) is 4.79 Å². The highest BCUT2D eigenvalue weighted by atomic mass is 16.2. The fourth-order valence-corrected chi connectivity index (χ4v) is 3.88. The van der Waals surface area contributed by atoms with Gasteiger partial charge < -0.3 is 10.2 Å². The predicted molar refractivity (Wildman–Crippen MR) is 103 cm³/mol. The maximum atomic E-state index is 13.1. The molecule has 0 saturated heterocycles. The Morgan fingerprint density at radius 1 is 1.19 bits per heavy atom. The summed E-state index contributed by atoms with van der Waals surface area (Å²) < 4.78 is 2.05. The molecule has 2 aromatic heterocycles. The number of carbonyl (C=O) groups is 1. The minimum atomic E-state index is 0.203. The van der Waals surface area contributed by atoms with Gasteiger partial charge in [-0.2, -0.15) is 5.10 Å².